The van der Waals surface area contributed by atoms with Gasteiger partial charge in [0.05, 0.1) is 11.1 Å². The number of unbranched alkanes of at least 4 members (excludes halogenated alkanes) is 7. The SMILES string of the molecule is CCCCCCCCCCC(CC)OC(=O)c1cccc(C(F)(F)F)c1F. The average molecular weight is 390 g/mol. The first-order chi connectivity index (χ1) is 12.8. The van der Waals surface area contributed by atoms with Crippen LogP contribution in [0.4, 0.5) is 17.6 Å². The molecule has 1 atom stereocenters. The second kappa shape index (κ2) is 12.0. The Morgan fingerprint density at radius 1 is 1.00 bits per heavy atom. The molecule has 0 radical (unpaired) electrons. The van der Waals surface area contributed by atoms with Gasteiger partial charge in [-0.2, -0.15) is 13.2 Å². The molecular weight excluding hydrogens is 360 g/mol. The monoisotopic (exact) mass is 390 g/mol. The van der Waals surface area contributed by atoms with Crippen LogP contribution in [0.25, 0.3) is 0 Å². The highest BCUT2D eigenvalue weighted by Gasteiger charge is 2.36. The molecule has 0 aliphatic rings. The molecule has 0 aliphatic heterocycles. The number of rotatable bonds is 12. The molecule has 1 unspecified atom stereocenters. The maximum Gasteiger partial charge on any atom is 0.419 e. The zero-order valence-electron chi connectivity index (χ0n) is 16.2. The summed E-state index contributed by atoms with van der Waals surface area (Å²) in [4.78, 5) is 12.1. The lowest BCUT2D eigenvalue weighted by molar-refractivity contribution is -0.140. The summed E-state index contributed by atoms with van der Waals surface area (Å²) >= 11 is 0. The standard InChI is InChI=1S/C21H30F4O2/c1-3-5-6-7-8-9-10-11-13-16(4-2)27-20(26)17-14-12-15-18(19(17)22)21(23,24)25/h12,14-16H,3-11,13H2,1-2H3. The molecule has 0 amide bonds. The van der Waals surface area contributed by atoms with Crippen LogP contribution in [0, 0.1) is 5.82 Å². The molecule has 1 rings (SSSR count). The summed E-state index contributed by atoms with van der Waals surface area (Å²) in [6.07, 6.45) is 5.11. The maximum absolute atomic E-state index is 14.0. The van der Waals surface area contributed by atoms with Crippen LogP contribution < -0.4 is 0 Å². The van der Waals surface area contributed by atoms with Crippen LogP contribution in [0.5, 0.6) is 0 Å². The summed E-state index contributed by atoms with van der Waals surface area (Å²) in [5.74, 6) is -2.61. The first kappa shape index (κ1) is 23.4. The van der Waals surface area contributed by atoms with Gasteiger partial charge in [0, 0.05) is 0 Å². The van der Waals surface area contributed by atoms with Gasteiger partial charge in [-0.25, -0.2) is 9.18 Å². The average Bonchev–Trinajstić information content (AvgIpc) is 2.61. The van der Waals surface area contributed by atoms with E-state index in [1.165, 1.54) is 32.1 Å². The minimum atomic E-state index is -4.85. The summed E-state index contributed by atoms with van der Waals surface area (Å²) in [5, 5.41) is 0. The molecule has 0 heterocycles. The fourth-order valence-electron chi connectivity index (χ4n) is 2.98. The lowest BCUT2D eigenvalue weighted by Gasteiger charge is -2.17. The van der Waals surface area contributed by atoms with Crippen molar-refractivity contribution in [3.63, 3.8) is 0 Å². The quantitative estimate of drug-likeness (QED) is 0.212. The molecule has 0 spiro atoms. The van der Waals surface area contributed by atoms with E-state index in [9.17, 15) is 22.4 Å². The van der Waals surface area contributed by atoms with Crippen molar-refractivity contribution in [1.82, 2.24) is 0 Å². The van der Waals surface area contributed by atoms with Gasteiger partial charge in [-0.15, -0.1) is 0 Å². The highest BCUT2D eigenvalue weighted by Crippen LogP contribution is 2.32. The molecule has 1 aromatic rings. The molecular formula is C21H30F4O2. The topological polar surface area (TPSA) is 26.3 Å². The van der Waals surface area contributed by atoms with Crippen molar-refractivity contribution in [3.05, 3.63) is 35.1 Å². The molecule has 0 fully saturated rings. The summed E-state index contributed by atoms with van der Waals surface area (Å²) in [6, 6.07) is 2.65. The fourth-order valence-corrected chi connectivity index (χ4v) is 2.98. The summed E-state index contributed by atoms with van der Waals surface area (Å²) < 4.78 is 57.6. The Morgan fingerprint density at radius 3 is 2.15 bits per heavy atom. The van der Waals surface area contributed by atoms with Gasteiger partial charge in [-0.05, 0) is 31.4 Å². The molecule has 2 nitrogen and oxygen atoms in total. The predicted octanol–water partition coefficient (Wildman–Crippen LogP) is 7.31. The van der Waals surface area contributed by atoms with E-state index in [1.807, 2.05) is 6.92 Å². The van der Waals surface area contributed by atoms with Gasteiger partial charge in [0.1, 0.15) is 11.9 Å². The van der Waals surface area contributed by atoms with Crippen molar-refractivity contribution in [3.8, 4) is 0 Å². The largest absolute Gasteiger partial charge is 0.459 e. The molecule has 6 heteroatoms. The van der Waals surface area contributed by atoms with Gasteiger partial charge in [-0.1, -0.05) is 64.9 Å². The van der Waals surface area contributed by atoms with Crippen LogP contribution in [0.15, 0.2) is 18.2 Å². The van der Waals surface area contributed by atoms with Gasteiger partial charge in [0.2, 0.25) is 0 Å². The number of halogens is 4. The number of hydrogen-bond acceptors (Lipinski definition) is 2. The van der Waals surface area contributed by atoms with Crippen LogP contribution in [0.3, 0.4) is 0 Å². The summed E-state index contributed by atoms with van der Waals surface area (Å²) in [6.45, 7) is 4.02. The third kappa shape index (κ3) is 8.31. The van der Waals surface area contributed by atoms with E-state index < -0.39 is 35.2 Å². The molecule has 0 N–H and O–H groups in total. The Kier molecular flexibility index (Phi) is 10.4. The van der Waals surface area contributed by atoms with Crippen LogP contribution in [-0.4, -0.2) is 12.1 Å². The lowest BCUT2D eigenvalue weighted by atomic mass is 10.0. The normalized spacial score (nSPS) is 12.8. The zero-order valence-corrected chi connectivity index (χ0v) is 16.2. The third-order valence-electron chi connectivity index (χ3n) is 4.63. The Morgan fingerprint density at radius 2 is 1.59 bits per heavy atom. The van der Waals surface area contributed by atoms with E-state index in [-0.39, 0.29) is 0 Å². The van der Waals surface area contributed by atoms with Crippen LogP contribution in [0.2, 0.25) is 0 Å². The Bertz CT molecular complexity index is 570. The summed E-state index contributed by atoms with van der Waals surface area (Å²) in [5.41, 5.74) is -2.12. The molecule has 0 bridgehead atoms. The van der Waals surface area contributed by atoms with E-state index in [0.29, 0.717) is 18.9 Å². The van der Waals surface area contributed by atoms with Crippen LogP contribution >= 0.6 is 0 Å². The lowest BCUT2D eigenvalue weighted by Crippen LogP contribution is -2.20. The smallest absolute Gasteiger partial charge is 0.419 e. The highest BCUT2D eigenvalue weighted by atomic mass is 19.4. The maximum atomic E-state index is 14.0. The highest BCUT2D eigenvalue weighted by molar-refractivity contribution is 5.90. The molecule has 1 aromatic carbocycles. The third-order valence-corrected chi connectivity index (χ3v) is 4.63. The van der Waals surface area contributed by atoms with Crippen LogP contribution in [0.1, 0.15) is 94.0 Å². The van der Waals surface area contributed by atoms with Crippen molar-refractivity contribution < 1.29 is 27.1 Å². The fraction of sp³-hybridized carbons (Fsp3) is 0.667. The van der Waals surface area contributed by atoms with Crippen molar-refractivity contribution >= 4 is 5.97 Å². The van der Waals surface area contributed by atoms with Gasteiger partial charge in [0.25, 0.3) is 0 Å². The first-order valence-corrected chi connectivity index (χ1v) is 9.87. The number of esters is 1. The zero-order chi connectivity index (χ0) is 20.3. The minimum Gasteiger partial charge on any atom is -0.459 e. The summed E-state index contributed by atoms with van der Waals surface area (Å²) in [7, 11) is 0. The van der Waals surface area contributed by atoms with Crippen molar-refractivity contribution in [2.75, 3.05) is 0 Å². The number of carbonyl (C=O) groups excluding carboxylic acids is 1. The molecule has 0 saturated heterocycles. The van der Waals surface area contributed by atoms with Gasteiger partial charge in [0.15, 0.2) is 0 Å². The van der Waals surface area contributed by atoms with E-state index in [0.717, 1.165) is 31.4 Å². The van der Waals surface area contributed by atoms with Crippen LogP contribution in [-0.2, 0) is 10.9 Å². The number of ether oxygens (including phenoxy) is 1. The molecule has 154 valence electrons. The number of alkyl halides is 3. The van der Waals surface area contributed by atoms with E-state index >= 15 is 0 Å². The molecule has 27 heavy (non-hydrogen) atoms. The number of hydrogen-bond donors (Lipinski definition) is 0. The van der Waals surface area contributed by atoms with E-state index in [2.05, 4.69) is 6.92 Å². The second-order valence-electron chi connectivity index (χ2n) is 6.86. The van der Waals surface area contributed by atoms with E-state index in [4.69, 9.17) is 4.74 Å². The number of carbonyl (C=O) groups is 1. The van der Waals surface area contributed by atoms with Gasteiger partial charge in [-0.3, -0.25) is 0 Å². The molecule has 0 saturated carbocycles. The van der Waals surface area contributed by atoms with Gasteiger partial charge >= 0.3 is 12.1 Å². The van der Waals surface area contributed by atoms with Crippen molar-refractivity contribution in [1.29, 1.82) is 0 Å². The van der Waals surface area contributed by atoms with E-state index in [1.54, 1.807) is 0 Å². The second-order valence-corrected chi connectivity index (χ2v) is 6.86. The van der Waals surface area contributed by atoms with Crippen molar-refractivity contribution in [2.45, 2.75) is 90.3 Å². The predicted molar refractivity (Wildman–Crippen MR) is 98.1 cm³/mol. The first-order valence-electron chi connectivity index (χ1n) is 9.87. The van der Waals surface area contributed by atoms with Gasteiger partial charge < -0.3 is 4.74 Å². The number of benzene rings is 1. The van der Waals surface area contributed by atoms with Crippen molar-refractivity contribution in [2.24, 2.45) is 0 Å². The minimum absolute atomic E-state index is 0.411. The Balaban J connectivity index is 2.48. The molecule has 0 aliphatic carbocycles. The Hall–Kier alpha value is -1.59. The Labute approximate surface area is 159 Å². The molecule has 0 aromatic heterocycles.